The van der Waals surface area contributed by atoms with E-state index in [4.69, 9.17) is 4.74 Å². The zero-order valence-electron chi connectivity index (χ0n) is 13.2. The number of carbonyl (C=O) groups excluding carboxylic acids is 1. The molecular weight excluding hydrogens is 296 g/mol. The van der Waals surface area contributed by atoms with Gasteiger partial charge in [0.1, 0.15) is 5.56 Å². The first-order valence-corrected chi connectivity index (χ1v) is 7.33. The molecule has 0 unspecified atom stereocenters. The fourth-order valence-electron chi connectivity index (χ4n) is 2.17. The van der Waals surface area contributed by atoms with Gasteiger partial charge in [-0.2, -0.15) is 0 Å². The molecule has 2 rings (SSSR count). The number of hydrogen-bond donors (Lipinski definition) is 1. The van der Waals surface area contributed by atoms with Crippen LogP contribution >= 0.6 is 0 Å². The molecule has 0 aliphatic rings. The van der Waals surface area contributed by atoms with Gasteiger partial charge in [-0.05, 0) is 12.8 Å². The molecular formula is C17H18N2O4. The summed E-state index contributed by atoms with van der Waals surface area (Å²) < 4.78 is 4.97. The van der Waals surface area contributed by atoms with Gasteiger partial charge in [-0.15, -0.1) is 0 Å². The topological polar surface area (TPSA) is 89.4 Å². The van der Waals surface area contributed by atoms with Crippen molar-refractivity contribution in [2.24, 2.45) is 0 Å². The molecule has 1 aromatic carbocycles. The van der Waals surface area contributed by atoms with Gasteiger partial charge < -0.3 is 9.84 Å². The van der Waals surface area contributed by atoms with E-state index in [0.29, 0.717) is 11.3 Å². The molecule has 0 saturated carbocycles. The lowest BCUT2D eigenvalue weighted by Gasteiger charge is -2.14. The average Bonchev–Trinajstić information content (AvgIpc) is 2.54. The number of benzene rings is 1. The third-order valence-corrected chi connectivity index (χ3v) is 3.20. The van der Waals surface area contributed by atoms with Gasteiger partial charge in [-0.3, -0.25) is 0 Å². The molecule has 0 bridgehead atoms. The largest absolute Gasteiger partial charge is 0.476 e. The SMILES string of the molecule is CCOC(=O)c1c(C(=O)O)nc(-c2ccccc2)nc1C(C)C. The minimum atomic E-state index is -1.28. The van der Waals surface area contributed by atoms with Gasteiger partial charge in [0.05, 0.1) is 12.3 Å². The molecule has 1 aromatic heterocycles. The number of esters is 1. The van der Waals surface area contributed by atoms with Gasteiger partial charge in [0, 0.05) is 5.56 Å². The Morgan fingerprint density at radius 1 is 1.17 bits per heavy atom. The van der Waals surface area contributed by atoms with Crippen LogP contribution in [0.1, 0.15) is 53.2 Å². The van der Waals surface area contributed by atoms with Crippen molar-refractivity contribution >= 4 is 11.9 Å². The Morgan fingerprint density at radius 2 is 1.83 bits per heavy atom. The average molecular weight is 314 g/mol. The minimum Gasteiger partial charge on any atom is -0.476 e. The molecule has 0 saturated heterocycles. The van der Waals surface area contributed by atoms with Crippen molar-refractivity contribution in [1.29, 1.82) is 0 Å². The maximum Gasteiger partial charge on any atom is 0.355 e. The summed E-state index contributed by atoms with van der Waals surface area (Å²) in [6, 6.07) is 9.04. The zero-order chi connectivity index (χ0) is 17.0. The first-order chi connectivity index (χ1) is 11.0. The van der Waals surface area contributed by atoms with Crippen LogP contribution in [0.2, 0.25) is 0 Å². The van der Waals surface area contributed by atoms with Crippen LogP contribution in [0.4, 0.5) is 0 Å². The number of nitrogens with zero attached hydrogens (tertiary/aromatic N) is 2. The van der Waals surface area contributed by atoms with Crippen LogP contribution in [0.3, 0.4) is 0 Å². The summed E-state index contributed by atoms with van der Waals surface area (Å²) in [7, 11) is 0. The molecule has 0 spiro atoms. The van der Waals surface area contributed by atoms with Crippen molar-refractivity contribution in [1.82, 2.24) is 9.97 Å². The number of rotatable bonds is 5. The predicted molar refractivity (Wildman–Crippen MR) is 84.5 cm³/mol. The van der Waals surface area contributed by atoms with Gasteiger partial charge in [0.2, 0.25) is 0 Å². The standard InChI is InChI=1S/C17H18N2O4/c1-4-23-17(22)12-13(10(2)3)18-15(19-14(12)16(20)21)11-8-6-5-7-9-11/h5-10H,4H2,1-3H3,(H,20,21). The van der Waals surface area contributed by atoms with Crippen molar-refractivity contribution in [2.75, 3.05) is 6.61 Å². The van der Waals surface area contributed by atoms with E-state index >= 15 is 0 Å². The highest BCUT2D eigenvalue weighted by atomic mass is 16.5. The number of carboxylic acid groups (broad SMARTS) is 1. The molecule has 1 heterocycles. The van der Waals surface area contributed by atoms with Gasteiger partial charge in [-0.25, -0.2) is 19.6 Å². The Morgan fingerprint density at radius 3 is 2.35 bits per heavy atom. The second-order valence-corrected chi connectivity index (χ2v) is 5.20. The van der Waals surface area contributed by atoms with Crippen LogP contribution in [0.5, 0.6) is 0 Å². The van der Waals surface area contributed by atoms with Crippen molar-refractivity contribution in [3.05, 3.63) is 47.3 Å². The number of carboxylic acids is 1. The summed E-state index contributed by atoms with van der Waals surface area (Å²) >= 11 is 0. The number of ether oxygens (including phenoxy) is 1. The van der Waals surface area contributed by atoms with Crippen LogP contribution in [0, 0.1) is 0 Å². The third kappa shape index (κ3) is 3.53. The Balaban J connectivity index is 2.72. The smallest absolute Gasteiger partial charge is 0.355 e. The summed E-state index contributed by atoms with van der Waals surface area (Å²) in [5, 5.41) is 9.46. The monoisotopic (exact) mass is 314 g/mol. The van der Waals surface area contributed by atoms with Crippen LogP contribution in [-0.2, 0) is 4.74 Å². The number of hydrogen-bond acceptors (Lipinski definition) is 5. The highest BCUT2D eigenvalue weighted by Crippen LogP contribution is 2.25. The highest BCUT2D eigenvalue weighted by molar-refractivity contribution is 6.02. The summed E-state index contributed by atoms with van der Waals surface area (Å²) in [5.41, 5.74) is 0.650. The van der Waals surface area contributed by atoms with Crippen molar-refractivity contribution in [3.8, 4) is 11.4 Å². The fourth-order valence-corrected chi connectivity index (χ4v) is 2.17. The van der Waals surface area contributed by atoms with Gasteiger partial charge in [0.15, 0.2) is 11.5 Å². The molecule has 0 radical (unpaired) electrons. The van der Waals surface area contributed by atoms with Gasteiger partial charge in [-0.1, -0.05) is 44.2 Å². The maximum absolute atomic E-state index is 12.2. The second-order valence-electron chi connectivity index (χ2n) is 5.20. The molecule has 6 nitrogen and oxygen atoms in total. The van der Waals surface area contributed by atoms with Crippen LogP contribution in [-0.4, -0.2) is 33.6 Å². The van der Waals surface area contributed by atoms with Crippen molar-refractivity contribution in [3.63, 3.8) is 0 Å². The van der Waals surface area contributed by atoms with Crippen molar-refractivity contribution in [2.45, 2.75) is 26.7 Å². The normalized spacial score (nSPS) is 10.6. The van der Waals surface area contributed by atoms with E-state index in [-0.39, 0.29) is 29.6 Å². The van der Waals surface area contributed by atoms with E-state index in [1.54, 1.807) is 19.1 Å². The molecule has 6 heteroatoms. The zero-order valence-corrected chi connectivity index (χ0v) is 13.2. The van der Waals surface area contributed by atoms with Crippen LogP contribution in [0.15, 0.2) is 30.3 Å². The maximum atomic E-state index is 12.2. The van der Waals surface area contributed by atoms with E-state index in [0.717, 1.165) is 0 Å². The Hall–Kier alpha value is -2.76. The molecule has 1 N–H and O–H groups in total. The highest BCUT2D eigenvalue weighted by Gasteiger charge is 2.27. The third-order valence-electron chi connectivity index (χ3n) is 3.20. The summed E-state index contributed by atoms with van der Waals surface area (Å²) in [4.78, 5) is 32.3. The Bertz CT molecular complexity index is 727. The second kappa shape index (κ2) is 7.00. The number of aromatic carboxylic acids is 1. The Labute approximate surface area is 134 Å². The molecule has 0 amide bonds. The van der Waals surface area contributed by atoms with E-state index in [2.05, 4.69) is 9.97 Å². The molecule has 0 fully saturated rings. The predicted octanol–water partition coefficient (Wildman–Crippen LogP) is 3.14. The minimum absolute atomic E-state index is 0.0750. The summed E-state index contributed by atoms with van der Waals surface area (Å²) in [5.74, 6) is -1.87. The van der Waals surface area contributed by atoms with E-state index in [1.807, 2.05) is 32.0 Å². The van der Waals surface area contributed by atoms with Crippen molar-refractivity contribution < 1.29 is 19.4 Å². The molecule has 23 heavy (non-hydrogen) atoms. The van der Waals surface area contributed by atoms with E-state index in [9.17, 15) is 14.7 Å². The summed E-state index contributed by atoms with van der Waals surface area (Å²) in [6.45, 7) is 5.49. The lowest BCUT2D eigenvalue weighted by molar-refractivity contribution is 0.0510. The van der Waals surface area contributed by atoms with E-state index < -0.39 is 11.9 Å². The van der Waals surface area contributed by atoms with Gasteiger partial charge in [0.25, 0.3) is 0 Å². The number of carbonyl (C=O) groups is 2. The Kier molecular flexibility index (Phi) is 5.05. The van der Waals surface area contributed by atoms with E-state index in [1.165, 1.54) is 0 Å². The molecule has 0 aliphatic carbocycles. The fraction of sp³-hybridized carbons (Fsp3) is 0.294. The molecule has 0 aliphatic heterocycles. The lowest BCUT2D eigenvalue weighted by atomic mass is 10.0. The van der Waals surface area contributed by atoms with Crippen LogP contribution in [0.25, 0.3) is 11.4 Å². The number of aromatic nitrogens is 2. The first kappa shape index (κ1) is 16.6. The first-order valence-electron chi connectivity index (χ1n) is 7.33. The summed E-state index contributed by atoms with van der Waals surface area (Å²) in [6.07, 6.45) is 0. The molecule has 0 atom stereocenters. The van der Waals surface area contributed by atoms with Crippen LogP contribution < -0.4 is 0 Å². The quantitative estimate of drug-likeness (QED) is 0.853. The lowest BCUT2D eigenvalue weighted by Crippen LogP contribution is -2.19. The van der Waals surface area contributed by atoms with Gasteiger partial charge >= 0.3 is 11.9 Å². The molecule has 2 aromatic rings. The molecule has 120 valence electrons.